The van der Waals surface area contributed by atoms with Crippen LogP contribution in [0.3, 0.4) is 0 Å². The molecule has 24 heavy (non-hydrogen) atoms. The van der Waals surface area contributed by atoms with E-state index in [9.17, 15) is 4.79 Å². The van der Waals surface area contributed by atoms with Gasteiger partial charge in [0.05, 0.1) is 18.4 Å². The number of aromatic nitrogens is 2. The molecule has 1 aromatic carbocycles. The number of ether oxygens (including phenoxy) is 1. The Bertz CT molecular complexity index is 801. The Kier molecular flexibility index (Phi) is 4.95. The Morgan fingerprint density at radius 2 is 2.12 bits per heavy atom. The summed E-state index contributed by atoms with van der Waals surface area (Å²) in [5.74, 6) is -0.186. The minimum absolute atomic E-state index is 0.112. The minimum atomic E-state index is -0.298. The van der Waals surface area contributed by atoms with Crippen LogP contribution in [0.25, 0.3) is 5.57 Å². The van der Waals surface area contributed by atoms with Crippen LogP contribution < -0.4 is 0 Å². The van der Waals surface area contributed by atoms with Gasteiger partial charge in [0.15, 0.2) is 0 Å². The Hall–Kier alpha value is -2.20. The summed E-state index contributed by atoms with van der Waals surface area (Å²) in [5.41, 5.74) is 4.39. The van der Waals surface area contributed by atoms with Crippen molar-refractivity contribution in [3.05, 3.63) is 64.2 Å². The van der Waals surface area contributed by atoms with Gasteiger partial charge in [-0.05, 0) is 47.6 Å². The van der Waals surface area contributed by atoms with Crippen molar-refractivity contribution in [1.29, 1.82) is 0 Å². The van der Waals surface area contributed by atoms with E-state index in [4.69, 9.17) is 16.3 Å². The van der Waals surface area contributed by atoms with Gasteiger partial charge in [0, 0.05) is 11.8 Å². The molecule has 1 aliphatic carbocycles. The predicted octanol–water partition coefficient (Wildman–Crippen LogP) is 4.08. The van der Waals surface area contributed by atoms with Crippen LogP contribution in [0.5, 0.6) is 0 Å². The zero-order valence-electron chi connectivity index (χ0n) is 13.8. The summed E-state index contributed by atoms with van der Waals surface area (Å²) >= 11 is 5.99. The Labute approximate surface area is 146 Å². The molecule has 0 N–H and O–H groups in total. The first-order chi connectivity index (χ1) is 11.7. The molecular weight excluding hydrogens is 324 g/mol. The molecule has 124 valence electrons. The van der Waals surface area contributed by atoms with Crippen molar-refractivity contribution in [2.75, 3.05) is 7.11 Å². The molecule has 1 atom stereocenters. The number of hydrogen-bond acceptors (Lipinski definition) is 4. The third-order valence-electron chi connectivity index (χ3n) is 4.36. The Balaban J connectivity index is 2.29. The normalized spacial score (nSPS) is 16.7. The number of halogens is 1. The van der Waals surface area contributed by atoms with Crippen LogP contribution in [0.1, 0.15) is 36.6 Å². The van der Waals surface area contributed by atoms with E-state index >= 15 is 0 Å². The fourth-order valence-electron chi connectivity index (χ4n) is 3.38. The molecule has 1 unspecified atom stereocenters. The van der Waals surface area contributed by atoms with E-state index in [0.717, 1.165) is 30.4 Å². The van der Waals surface area contributed by atoms with E-state index in [1.165, 1.54) is 12.7 Å². The molecule has 4 nitrogen and oxygen atoms in total. The third kappa shape index (κ3) is 3.06. The minimum Gasteiger partial charge on any atom is -0.466 e. The van der Waals surface area contributed by atoms with Crippen molar-refractivity contribution in [3.8, 4) is 0 Å². The number of esters is 1. The second-order valence-electron chi connectivity index (χ2n) is 5.84. The van der Waals surface area contributed by atoms with E-state index in [1.807, 2.05) is 18.2 Å². The van der Waals surface area contributed by atoms with Crippen LogP contribution in [0, 0.1) is 5.92 Å². The maximum absolute atomic E-state index is 12.6. The van der Waals surface area contributed by atoms with Crippen molar-refractivity contribution in [3.63, 3.8) is 0 Å². The molecule has 5 heteroatoms. The van der Waals surface area contributed by atoms with E-state index in [-0.39, 0.29) is 17.2 Å². The van der Waals surface area contributed by atoms with E-state index in [0.29, 0.717) is 11.3 Å². The van der Waals surface area contributed by atoms with Gasteiger partial charge in [-0.3, -0.25) is 0 Å². The predicted molar refractivity (Wildman–Crippen MR) is 93.6 cm³/mol. The summed E-state index contributed by atoms with van der Waals surface area (Å²) in [6, 6.07) is 9.90. The third-order valence-corrected chi connectivity index (χ3v) is 4.54. The Morgan fingerprint density at radius 3 is 2.83 bits per heavy atom. The van der Waals surface area contributed by atoms with Gasteiger partial charge >= 0.3 is 5.97 Å². The van der Waals surface area contributed by atoms with Crippen molar-refractivity contribution in [1.82, 2.24) is 9.97 Å². The Morgan fingerprint density at radius 1 is 1.33 bits per heavy atom. The summed E-state index contributed by atoms with van der Waals surface area (Å²) < 4.78 is 5.09. The molecule has 3 rings (SSSR count). The van der Waals surface area contributed by atoms with Gasteiger partial charge in [0.2, 0.25) is 5.28 Å². The highest BCUT2D eigenvalue weighted by atomic mass is 35.5. The second kappa shape index (κ2) is 7.14. The van der Waals surface area contributed by atoms with Crippen LogP contribution in [-0.2, 0) is 16.0 Å². The van der Waals surface area contributed by atoms with Crippen LogP contribution in [0.2, 0.25) is 5.28 Å². The maximum Gasteiger partial charge on any atom is 0.334 e. The number of rotatable bonds is 4. The smallest absolute Gasteiger partial charge is 0.334 e. The number of nitrogens with zero attached hydrogens (tertiary/aromatic N) is 2. The highest BCUT2D eigenvalue weighted by Crippen LogP contribution is 2.40. The van der Waals surface area contributed by atoms with Crippen LogP contribution >= 0.6 is 11.6 Å². The van der Waals surface area contributed by atoms with Crippen LogP contribution in [0.15, 0.2) is 42.1 Å². The van der Waals surface area contributed by atoms with Gasteiger partial charge in [0.25, 0.3) is 0 Å². The number of carbonyl (C=O) groups is 1. The van der Waals surface area contributed by atoms with E-state index in [2.05, 4.69) is 23.0 Å². The number of carbonyl (C=O) groups excluding carboxylic acids is 1. The van der Waals surface area contributed by atoms with Crippen molar-refractivity contribution in [2.24, 2.45) is 5.92 Å². The van der Waals surface area contributed by atoms with Crippen molar-refractivity contribution < 1.29 is 9.53 Å². The number of fused-ring (bicyclic) bond motifs is 1. The molecule has 0 radical (unpaired) electrons. The maximum atomic E-state index is 12.6. The summed E-state index contributed by atoms with van der Waals surface area (Å²) in [5, 5.41) is 0.166. The van der Waals surface area contributed by atoms with Crippen LogP contribution in [0.4, 0.5) is 0 Å². The lowest BCUT2D eigenvalue weighted by Gasteiger charge is -2.29. The summed E-state index contributed by atoms with van der Waals surface area (Å²) in [6.07, 6.45) is 4.35. The number of hydrogen-bond donors (Lipinski definition) is 0. The number of methoxy groups -OCH3 is 1. The highest BCUT2D eigenvalue weighted by molar-refractivity contribution is 6.28. The molecule has 0 saturated carbocycles. The lowest BCUT2D eigenvalue weighted by atomic mass is 9.75. The largest absolute Gasteiger partial charge is 0.466 e. The second-order valence-corrected chi connectivity index (χ2v) is 6.18. The number of benzene rings is 1. The first-order valence-electron chi connectivity index (χ1n) is 8.05. The molecule has 0 aliphatic heterocycles. The lowest BCUT2D eigenvalue weighted by molar-refractivity contribution is -0.136. The molecule has 2 aromatic rings. The van der Waals surface area contributed by atoms with Gasteiger partial charge in [-0.15, -0.1) is 0 Å². The molecule has 1 aromatic heterocycles. The van der Waals surface area contributed by atoms with Gasteiger partial charge in [-0.25, -0.2) is 14.8 Å². The average Bonchev–Trinajstić information content (AvgIpc) is 2.60. The van der Waals surface area contributed by atoms with E-state index < -0.39 is 0 Å². The standard InChI is InChI=1S/C19H19ClN2O2/c1-3-6-13-11-12-7-4-5-8-14(12)17(16(13)18(23)24-2)15-9-10-21-19(20)22-15/h4-5,7-10,13H,3,6,11H2,1-2H3. The molecule has 0 spiro atoms. The zero-order valence-corrected chi connectivity index (χ0v) is 14.5. The average molecular weight is 343 g/mol. The summed E-state index contributed by atoms with van der Waals surface area (Å²) in [4.78, 5) is 20.9. The zero-order chi connectivity index (χ0) is 17.1. The lowest BCUT2D eigenvalue weighted by Crippen LogP contribution is -2.24. The molecule has 1 aliphatic rings. The van der Waals surface area contributed by atoms with Gasteiger partial charge in [-0.2, -0.15) is 0 Å². The van der Waals surface area contributed by atoms with Gasteiger partial charge in [-0.1, -0.05) is 37.6 Å². The van der Waals surface area contributed by atoms with Gasteiger partial charge in [0.1, 0.15) is 0 Å². The summed E-state index contributed by atoms with van der Waals surface area (Å²) in [6.45, 7) is 2.12. The molecule has 0 saturated heterocycles. The molecule has 0 amide bonds. The monoisotopic (exact) mass is 342 g/mol. The first-order valence-corrected chi connectivity index (χ1v) is 8.43. The highest BCUT2D eigenvalue weighted by Gasteiger charge is 2.32. The molecular formula is C19H19ClN2O2. The first kappa shape index (κ1) is 16.7. The fourth-order valence-corrected chi connectivity index (χ4v) is 3.53. The molecule has 1 heterocycles. The van der Waals surface area contributed by atoms with Gasteiger partial charge < -0.3 is 4.74 Å². The molecule has 0 fully saturated rings. The molecule has 0 bridgehead atoms. The SMILES string of the molecule is CCCC1Cc2ccccc2C(c2ccnc(Cl)n2)=C1C(=O)OC. The summed E-state index contributed by atoms with van der Waals surface area (Å²) in [7, 11) is 1.42. The fraction of sp³-hybridized carbons (Fsp3) is 0.316. The van der Waals surface area contributed by atoms with Crippen molar-refractivity contribution in [2.45, 2.75) is 26.2 Å². The van der Waals surface area contributed by atoms with Crippen LogP contribution in [-0.4, -0.2) is 23.0 Å². The quantitative estimate of drug-likeness (QED) is 0.620. The van der Waals surface area contributed by atoms with Crippen molar-refractivity contribution >= 4 is 23.1 Å². The van der Waals surface area contributed by atoms with E-state index in [1.54, 1.807) is 12.3 Å². The topological polar surface area (TPSA) is 52.1 Å².